The lowest BCUT2D eigenvalue weighted by Gasteiger charge is -2.02. The fourth-order valence-electron chi connectivity index (χ4n) is 1.10. The van der Waals surface area contributed by atoms with Crippen molar-refractivity contribution in [2.45, 2.75) is 12.5 Å². The first-order chi connectivity index (χ1) is 7.78. The van der Waals surface area contributed by atoms with E-state index in [0.29, 0.717) is 11.8 Å². The van der Waals surface area contributed by atoms with Crippen LogP contribution < -0.4 is 4.74 Å². The van der Waals surface area contributed by atoms with Gasteiger partial charge < -0.3 is 9.15 Å². The molecule has 1 heterocycles. The van der Waals surface area contributed by atoms with E-state index in [-0.39, 0.29) is 12.5 Å². The normalized spacial score (nSPS) is 10.4. The zero-order valence-electron chi connectivity index (χ0n) is 8.19. The van der Waals surface area contributed by atoms with Gasteiger partial charge >= 0.3 is 0 Å². The van der Waals surface area contributed by atoms with Crippen LogP contribution in [0.3, 0.4) is 0 Å². The quantitative estimate of drug-likeness (QED) is 0.814. The zero-order chi connectivity index (χ0) is 11.4. The summed E-state index contributed by atoms with van der Waals surface area (Å²) in [5, 5.41) is 7.51. The minimum absolute atomic E-state index is 0.212. The molecule has 1 aromatic heterocycles. The summed E-state index contributed by atoms with van der Waals surface area (Å²) < 4.78 is 11.6. The topological polar surface area (TPSA) is 48.2 Å². The molecule has 0 aliphatic rings. The Bertz CT molecular complexity index is 475. The Kier molecular flexibility index (Phi) is 3.79. The fourth-order valence-corrected chi connectivity index (χ4v) is 1.59. The van der Waals surface area contributed by atoms with Crippen molar-refractivity contribution in [2.24, 2.45) is 0 Å². The highest BCUT2D eigenvalue weighted by Gasteiger charge is 2.05. The van der Waals surface area contributed by atoms with E-state index in [1.807, 2.05) is 24.3 Å². The molecule has 2 rings (SSSR count). The molecule has 84 valence electrons. The smallest absolute Gasteiger partial charge is 0.253 e. The maximum absolute atomic E-state index is 5.53. The lowest BCUT2D eigenvalue weighted by Crippen LogP contribution is -1.95. The molecule has 0 radical (unpaired) electrons. The average Bonchev–Trinajstić information content (AvgIpc) is 2.74. The minimum atomic E-state index is 0.212. The van der Waals surface area contributed by atoms with Crippen molar-refractivity contribution in [2.75, 3.05) is 0 Å². The van der Waals surface area contributed by atoms with Crippen LogP contribution >= 0.6 is 27.5 Å². The number of hydrogen-bond donors (Lipinski definition) is 0. The summed E-state index contributed by atoms with van der Waals surface area (Å²) in [6, 6.07) is 7.52. The zero-order valence-corrected chi connectivity index (χ0v) is 10.5. The van der Waals surface area contributed by atoms with Gasteiger partial charge in [-0.05, 0) is 18.2 Å². The molecule has 0 bridgehead atoms. The lowest BCUT2D eigenvalue weighted by atomic mass is 10.3. The predicted molar refractivity (Wildman–Crippen MR) is 62.3 cm³/mol. The van der Waals surface area contributed by atoms with Crippen LogP contribution in [-0.4, -0.2) is 10.2 Å². The van der Waals surface area contributed by atoms with Crippen LogP contribution in [0.1, 0.15) is 11.8 Å². The van der Waals surface area contributed by atoms with Crippen LogP contribution in [0.25, 0.3) is 0 Å². The third kappa shape index (κ3) is 2.96. The molecule has 2 aromatic rings. The van der Waals surface area contributed by atoms with Gasteiger partial charge in [-0.15, -0.1) is 21.8 Å². The molecule has 0 fully saturated rings. The number of rotatable bonds is 4. The second kappa shape index (κ2) is 5.32. The molecule has 0 N–H and O–H groups in total. The molecule has 6 heteroatoms. The number of hydrogen-bond acceptors (Lipinski definition) is 4. The minimum Gasteiger partial charge on any atom is -0.484 e. The van der Waals surface area contributed by atoms with Gasteiger partial charge in [0, 0.05) is 4.47 Å². The standard InChI is InChI=1S/C10H8BrClN2O2/c11-7-2-1-3-8(4-7)15-6-10-14-13-9(5-12)16-10/h1-4H,5-6H2. The number of benzene rings is 1. The molecule has 0 saturated heterocycles. The van der Waals surface area contributed by atoms with Crippen molar-refractivity contribution in [3.8, 4) is 5.75 Å². The summed E-state index contributed by atoms with van der Waals surface area (Å²) in [5.41, 5.74) is 0. The van der Waals surface area contributed by atoms with Crippen molar-refractivity contribution < 1.29 is 9.15 Å². The first kappa shape index (κ1) is 11.4. The van der Waals surface area contributed by atoms with Crippen LogP contribution in [0.4, 0.5) is 0 Å². The molecule has 0 spiro atoms. The lowest BCUT2D eigenvalue weighted by molar-refractivity contribution is 0.260. The van der Waals surface area contributed by atoms with Gasteiger partial charge in [0.2, 0.25) is 5.89 Å². The number of nitrogens with zero attached hydrogens (tertiary/aromatic N) is 2. The predicted octanol–water partition coefficient (Wildman–Crippen LogP) is 3.15. The monoisotopic (exact) mass is 302 g/mol. The van der Waals surface area contributed by atoms with Gasteiger partial charge in [-0.3, -0.25) is 0 Å². The maximum Gasteiger partial charge on any atom is 0.253 e. The van der Waals surface area contributed by atoms with Crippen molar-refractivity contribution in [3.63, 3.8) is 0 Å². The first-order valence-corrected chi connectivity index (χ1v) is 5.86. The van der Waals surface area contributed by atoms with E-state index in [0.717, 1.165) is 10.2 Å². The molecule has 0 aliphatic carbocycles. The second-order valence-electron chi connectivity index (χ2n) is 2.97. The van der Waals surface area contributed by atoms with Gasteiger partial charge in [-0.25, -0.2) is 0 Å². The summed E-state index contributed by atoms with van der Waals surface area (Å²) in [4.78, 5) is 0. The first-order valence-electron chi connectivity index (χ1n) is 4.53. The molecule has 0 aliphatic heterocycles. The Morgan fingerprint density at radius 3 is 2.81 bits per heavy atom. The van der Waals surface area contributed by atoms with Crippen LogP contribution in [0.5, 0.6) is 5.75 Å². The van der Waals surface area contributed by atoms with E-state index in [1.54, 1.807) is 0 Å². The molecular weight excluding hydrogens is 295 g/mol. The highest BCUT2D eigenvalue weighted by Crippen LogP contribution is 2.18. The third-order valence-corrected chi connectivity index (χ3v) is 2.50. The summed E-state index contributed by atoms with van der Waals surface area (Å²) >= 11 is 8.89. The van der Waals surface area contributed by atoms with Crippen molar-refractivity contribution >= 4 is 27.5 Å². The van der Waals surface area contributed by atoms with Crippen molar-refractivity contribution in [1.82, 2.24) is 10.2 Å². The molecular formula is C10H8BrClN2O2. The molecule has 4 nitrogen and oxygen atoms in total. The number of aromatic nitrogens is 2. The van der Waals surface area contributed by atoms with Gasteiger partial charge in [0.1, 0.15) is 11.6 Å². The van der Waals surface area contributed by atoms with Gasteiger partial charge in [0.05, 0.1) is 0 Å². The van der Waals surface area contributed by atoms with Crippen LogP contribution in [-0.2, 0) is 12.5 Å². The van der Waals surface area contributed by atoms with E-state index in [4.69, 9.17) is 20.8 Å². The Hall–Kier alpha value is -1.07. The molecule has 1 aromatic carbocycles. The number of alkyl halides is 1. The van der Waals surface area contributed by atoms with Crippen LogP contribution in [0.15, 0.2) is 33.2 Å². The molecule has 0 unspecified atom stereocenters. The Morgan fingerprint density at radius 2 is 2.12 bits per heavy atom. The molecule has 0 atom stereocenters. The van der Waals surface area contributed by atoms with Gasteiger partial charge in [0.15, 0.2) is 6.61 Å². The summed E-state index contributed by atoms with van der Waals surface area (Å²) in [5.74, 6) is 1.76. The number of halogens is 2. The molecule has 16 heavy (non-hydrogen) atoms. The number of ether oxygens (including phenoxy) is 1. The second-order valence-corrected chi connectivity index (χ2v) is 4.15. The summed E-state index contributed by atoms with van der Waals surface area (Å²) in [6.45, 7) is 0.236. The largest absolute Gasteiger partial charge is 0.484 e. The SMILES string of the molecule is ClCc1nnc(COc2cccc(Br)c2)o1. The summed E-state index contributed by atoms with van der Waals surface area (Å²) in [7, 11) is 0. The maximum atomic E-state index is 5.53. The van der Waals surface area contributed by atoms with Crippen LogP contribution in [0, 0.1) is 0 Å². The third-order valence-electron chi connectivity index (χ3n) is 1.78. The van der Waals surface area contributed by atoms with E-state index in [9.17, 15) is 0 Å². The molecule has 0 saturated carbocycles. The average molecular weight is 304 g/mol. The van der Waals surface area contributed by atoms with Crippen molar-refractivity contribution in [3.05, 3.63) is 40.5 Å². The van der Waals surface area contributed by atoms with E-state index in [2.05, 4.69) is 26.1 Å². The van der Waals surface area contributed by atoms with Crippen LogP contribution in [0.2, 0.25) is 0 Å². The Morgan fingerprint density at radius 1 is 1.31 bits per heavy atom. The Labute approximate surface area is 106 Å². The van der Waals surface area contributed by atoms with Gasteiger partial charge in [-0.1, -0.05) is 22.0 Å². The van der Waals surface area contributed by atoms with E-state index in [1.165, 1.54) is 0 Å². The summed E-state index contributed by atoms with van der Waals surface area (Å²) in [6.07, 6.45) is 0. The fraction of sp³-hybridized carbons (Fsp3) is 0.200. The van der Waals surface area contributed by atoms with E-state index >= 15 is 0 Å². The Balaban J connectivity index is 1.96. The van der Waals surface area contributed by atoms with Gasteiger partial charge in [-0.2, -0.15) is 0 Å². The highest BCUT2D eigenvalue weighted by molar-refractivity contribution is 9.10. The van der Waals surface area contributed by atoms with E-state index < -0.39 is 0 Å². The molecule has 0 amide bonds. The highest BCUT2D eigenvalue weighted by atomic mass is 79.9. The van der Waals surface area contributed by atoms with Gasteiger partial charge in [0.25, 0.3) is 5.89 Å². The van der Waals surface area contributed by atoms with Crippen molar-refractivity contribution in [1.29, 1.82) is 0 Å².